The number of ether oxygens (including phenoxy) is 1. The van der Waals surface area contributed by atoms with E-state index in [1.54, 1.807) is 0 Å². The van der Waals surface area contributed by atoms with Gasteiger partial charge in [-0.25, -0.2) is 0 Å². The molecule has 2 fully saturated rings. The SMILES string of the molecule is CCOC(=O)C1CCCN(C(=O)CC2CCC2)C1. The first-order chi connectivity index (χ1) is 8.70. The van der Waals surface area contributed by atoms with Crippen molar-refractivity contribution in [2.45, 2.75) is 45.4 Å². The Labute approximate surface area is 109 Å². The van der Waals surface area contributed by atoms with Gasteiger partial charge in [0.05, 0.1) is 12.5 Å². The minimum absolute atomic E-state index is 0.107. The lowest BCUT2D eigenvalue weighted by molar-refractivity contribution is -0.151. The van der Waals surface area contributed by atoms with E-state index in [0.29, 0.717) is 25.5 Å². The lowest BCUT2D eigenvalue weighted by Gasteiger charge is -2.34. The first kappa shape index (κ1) is 13.4. The fourth-order valence-corrected chi connectivity index (χ4v) is 2.73. The summed E-state index contributed by atoms with van der Waals surface area (Å²) in [6, 6.07) is 0. The standard InChI is InChI=1S/C14H23NO3/c1-2-18-14(17)12-7-4-8-15(10-12)13(16)9-11-5-3-6-11/h11-12H,2-10H2,1H3. The van der Waals surface area contributed by atoms with Crippen LogP contribution in [0.3, 0.4) is 0 Å². The van der Waals surface area contributed by atoms with E-state index in [1.165, 1.54) is 19.3 Å². The van der Waals surface area contributed by atoms with E-state index in [4.69, 9.17) is 4.74 Å². The van der Waals surface area contributed by atoms with E-state index in [1.807, 2.05) is 11.8 Å². The second-order valence-corrected chi connectivity index (χ2v) is 5.43. The highest BCUT2D eigenvalue weighted by Crippen LogP contribution is 2.30. The summed E-state index contributed by atoms with van der Waals surface area (Å²) in [5.41, 5.74) is 0. The fourth-order valence-electron chi connectivity index (χ4n) is 2.73. The number of esters is 1. The van der Waals surface area contributed by atoms with E-state index in [0.717, 1.165) is 19.4 Å². The van der Waals surface area contributed by atoms with Gasteiger partial charge in [-0.05, 0) is 38.5 Å². The fraction of sp³-hybridized carbons (Fsp3) is 0.857. The van der Waals surface area contributed by atoms with Gasteiger partial charge in [0.25, 0.3) is 0 Å². The third-order valence-electron chi connectivity index (χ3n) is 4.08. The van der Waals surface area contributed by atoms with Crippen LogP contribution in [0.4, 0.5) is 0 Å². The summed E-state index contributed by atoms with van der Waals surface area (Å²) >= 11 is 0. The maximum Gasteiger partial charge on any atom is 0.310 e. The number of rotatable bonds is 4. The summed E-state index contributed by atoms with van der Waals surface area (Å²) < 4.78 is 5.05. The number of carbonyl (C=O) groups is 2. The Morgan fingerprint density at radius 3 is 2.61 bits per heavy atom. The summed E-state index contributed by atoms with van der Waals surface area (Å²) in [6.07, 6.45) is 6.10. The van der Waals surface area contributed by atoms with Crippen LogP contribution in [-0.2, 0) is 14.3 Å². The normalized spacial score (nSPS) is 24.5. The largest absolute Gasteiger partial charge is 0.466 e. The van der Waals surface area contributed by atoms with Gasteiger partial charge in [0.15, 0.2) is 0 Å². The van der Waals surface area contributed by atoms with E-state index < -0.39 is 0 Å². The molecule has 1 aliphatic carbocycles. The molecule has 0 bridgehead atoms. The molecule has 1 atom stereocenters. The summed E-state index contributed by atoms with van der Waals surface area (Å²) in [6.45, 7) is 3.61. The van der Waals surface area contributed by atoms with Crippen molar-refractivity contribution in [2.24, 2.45) is 11.8 Å². The monoisotopic (exact) mass is 253 g/mol. The Bertz CT molecular complexity index is 312. The molecule has 1 heterocycles. The van der Waals surface area contributed by atoms with Gasteiger partial charge in [0, 0.05) is 19.5 Å². The third kappa shape index (κ3) is 3.24. The van der Waals surface area contributed by atoms with Crippen LogP contribution in [0.2, 0.25) is 0 Å². The zero-order chi connectivity index (χ0) is 13.0. The van der Waals surface area contributed by atoms with Crippen molar-refractivity contribution in [1.29, 1.82) is 0 Å². The Morgan fingerprint density at radius 1 is 1.22 bits per heavy atom. The minimum atomic E-state index is -0.140. The Hall–Kier alpha value is -1.06. The third-order valence-corrected chi connectivity index (χ3v) is 4.08. The molecule has 1 unspecified atom stereocenters. The van der Waals surface area contributed by atoms with E-state index in [9.17, 15) is 9.59 Å². The quantitative estimate of drug-likeness (QED) is 0.720. The molecule has 1 aliphatic heterocycles. The molecule has 0 aromatic rings. The number of carbonyl (C=O) groups excluding carboxylic acids is 2. The first-order valence-electron chi connectivity index (χ1n) is 7.15. The molecule has 0 radical (unpaired) electrons. The van der Waals surface area contributed by atoms with Gasteiger partial charge < -0.3 is 9.64 Å². The van der Waals surface area contributed by atoms with Gasteiger partial charge in [-0.1, -0.05) is 6.42 Å². The van der Waals surface area contributed by atoms with E-state index in [2.05, 4.69) is 0 Å². The zero-order valence-corrected chi connectivity index (χ0v) is 11.2. The molecule has 0 aromatic carbocycles. The zero-order valence-electron chi connectivity index (χ0n) is 11.2. The second-order valence-electron chi connectivity index (χ2n) is 5.43. The molecule has 18 heavy (non-hydrogen) atoms. The number of hydrogen-bond donors (Lipinski definition) is 0. The molecule has 0 spiro atoms. The van der Waals surface area contributed by atoms with Crippen molar-refractivity contribution < 1.29 is 14.3 Å². The minimum Gasteiger partial charge on any atom is -0.466 e. The van der Waals surface area contributed by atoms with Crippen LogP contribution >= 0.6 is 0 Å². The number of piperidine rings is 1. The summed E-state index contributed by atoms with van der Waals surface area (Å²) in [7, 11) is 0. The van der Waals surface area contributed by atoms with Crippen molar-refractivity contribution in [2.75, 3.05) is 19.7 Å². The average molecular weight is 253 g/mol. The molecule has 2 aliphatic rings. The predicted molar refractivity (Wildman–Crippen MR) is 67.9 cm³/mol. The van der Waals surface area contributed by atoms with Crippen LogP contribution < -0.4 is 0 Å². The lowest BCUT2D eigenvalue weighted by atomic mass is 9.82. The molecule has 4 heteroatoms. The van der Waals surface area contributed by atoms with Gasteiger partial charge in [-0.2, -0.15) is 0 Å². The van der Waals surface area contributed by atoms with Crippen LogP contribution in [0.25, 0.3) is 0 Å². The van der Waals surface area contributed by atoms with E-state index in [-0.39, 0.29) is 17.8 Å². The molecular weight excluding hydrogens is 230 g/mol. The predicted octanol–water partition coefficient (Wildman–Crippen LogP) is 1.98. The van der Waals surface area contributed by atoms with Crippen LogP contribution in [-0.4, -0.2) is 36.5 Å². The highest BCUT2D eigenvalue weighted by molar-refractivity contribution is 5.78. The molecular formula is C14H23NO3. The summed E-state index contributed by atoms with van der Waals surface area (Å²) in [5.74, 6) is 0.580. The molecule has 2 rings (SSSR count). The Morgan fingerprint density at radius 2 is 2.00 bits per heavy atom. The van der Waals surface area contributed by atoms with Crippen LogP contribution in [0, 0.1) is 11.8 Å². The molecule has 0 aromatic heterocycles. The smallest absolute Gasteiger partial charge is 0.310 e. The number of likely N-dealkylation sites (tertiary alicyclic amines) is 1. The first-order valence-corrected chi connectivity index (χ1v) is 7.15. The molecule has 0 N–H and O–H groups in total. The maximum atomic E-state index is 12.1. The molecule has 4 nitrogen and oxygen atoms in total. The van der Waals surface area contributed by atoms with Gasteiger partial charge in [0.2, 0.25) is 5.91 Å². The van der Waals surface area contributed by atoms with Crippen LogP contribution in [0.1, 0.15) is 45.4 Å². The summed E-state index contributed by atoms with van der Waals surface area (Å²) in [5, 5.41) is 0. The Kier molecular flexibility index (Phi) is 4.61. The van der Waals surface area contributed by atoms with Crippen LogP contribution in [0.5, 0.6) is 0 Å². The number of hydrogen-bond acceptors (Lipinski definition) is 3. The number of nitrogens with zero attached hydrogens (tertiary/aromatic N) is 1. The van der Waals surface area contributed by atoms with Gasteiger partial charge in [0.1, 0.15) is 0 Å². The average Bonchev–Trinajstić information content (AvgIpc) is 2.34. The van der Waals surface area contributed by atoms with Crippen molar-refractivity contribution in [1.82, 2.24) is 4.90 Å². The second kappa shape index (κ2) is 6.21. The molecule has 1 saturated carbocycles. The van der Waals surface area contributed by atoms with Crippen molar-refractivity contribution in [3.8, 4) is 0 Å². The molecule has 102 valence electrons. The van der Waals surface area contributed by atoms with Crippen molar-refractivity contribution in [3.05, 3.63) is 0 Å². The highest BCUT2D eigenvalue weighted by atomic mass is 16.5. The Balaban J connectivity index is 1.81. The summed E-state index contributed by atoms with van der Waals surface area (Å²) in [4.78, 5) is 25.7. The van der Waals surface area contributed by atoms with Crippen LogP contribution in [0.15, 0.2) is 0 Å². The van der Waals surface area contributed by atoms with Gasteiger partial charge >= 0.3 is 5.97 Å². The van der Waals surface area contributed by atoms with Gasteiger partial charge in [-0.3, -0.25) is 9.59 Å². The molecule has 1 amide bonds. The number of amides is 1. The van der Waals surface area contributed by atoms with E-state index >= 15 is 0 Å². The van der Waals surface area contributed by atoms with Crippen molar-refractivity contribution in [3.63, 3.8) is 0 Å². The molecule has 1 saturated heterocycles. The van der Waals surface area contributed by atoms with Crippen molar-refractivity contribution >= 4 is 11.9 Å². The highest BCUT2D eigenvalue weighted by Gasteiger charge is 2.31. The lowest BCUT2D eigenvalue weighted by Crippen LogP contribution is -2.43. The topological polar surface area (TPSA) is 46.6 Å². The maximum absolute atomic E-state index is 12.1. The van der Waals surface area contributed by atoms with Gasteiger partial charge in [-0.15, -0.1) is 0 Å².